The van der Waals surface area contributed by atoms with Crippen LogP contribution >= 0.6 is 27.5 Å². The molecule has 7 nitrogen and oxygen atoms in total. The Hall–Kier alpha value is -3.10. The Morgan fingerprint density at radius 3 is 2.56 bits per heavy atom. The first-order valence-corrected chi connectivity index (χ1v) is 11.4. The number of rotatable bonds is 8. The zero-order valence-electron chi connectivity index (χ0n) is 17.2. The Bertz CT molecular complexity index is 1210. The smallest absolute Gasteiger partial charge is 0.314 e. The molecule has 4 aromatic rings. The zero-order valence-corrected chi connectivity index (χ0v) is 19.5. The van der Waals surface area contributed by atoms with Gasteiger partial charge in [0, 0.05) is 36.3 Å². The molecule has 0 saturated carbocycles. The van der Waals surface area contributed by atoms with E-state index in [1.54, 1.807) is 10.7 Å². The first-order valence-electron chi connectivity index (χ1n) is 10.2. The number of nitrogens with one attached hydrogen (secondary N) is 3. The molecule has 0 aliphatic heterocycles. The van der Waals surface area contributed by atoms with Crippen LogP contribution in [0.3, 0.4) is 0 Å². The lowest BCUT2D eigenvalue weighted by atomic mass is 10.1. The number of amides is 2. The van der Waals surface area contributed by atoms with Gasteiger partial charge in [0.25, 0.3) is 0 Å². The number of hydrogen-bond donors (Lipinski definition) is 3. The van der Waals surface area contributed by atoms with E-state index in [9.17, 15) is 4.79 Å². The average Bonchev–Trinajstić information content (AvgIpc) is 3.18. The molecule has 0 spiro atoms. The second kappa shape index (κ2) is 10.5. The van der Waals surface area contributed by atoms with Crippen LogP contribution in [0.15, 0.2) is 71.3 Å². The van der Waals surface area contributed by atoms with E-state index in [4.69, 9.17) is 16.6 Å². The Labute approximate surface area is 199 Å². The molecule has 0 fully saturated rings. The van der Waals surface area contributed by atoms with Gasteiger partial charge in [-0.25, -0.2) is 9.78 Å². The highest BCUT2D eigenvalue weighted by Gasteiger charge is 2.13. The predicted octanol–water partition coefficient (Wildman–Crippen LogP) is 4.77. The van der Waals surface area contributed by atoms with Gasteiger partial charge in [-0.2, -0.15) is 9.61 Å². The van der Waals surface area contributed by atoms with E-state index in [1.165, 1.54) is 5.56 Å². The van der Waals surface area contributed by atoms with Crippen LogP contribution in [0, 0.1) is 0 Å². The fourth-order valence-corrected chi connectivity index (χ4v) is 3.84. The molecule has 2 aromatic carbocycles. The summed E-state index contributed by atoms with van der Waals surface area (Å²) in [5.41, 5.74) is 3.44. The Morgan fingerprint density at radius 2 is 1.75 bits per heavy atom. The van der Waals surface area contributed by atoms with Crippen molar-refractivity contribution < 1.29 is 4.79 Å². The maximum Gasteiger partial charge on any atom is 0.314 e. The van der Waals surface area contributed by atoms with E-state index < -0.39 is 0 Å². The highest BCUT2D eigenvalue weighted by Crippen LogP contribution is 2.30. The molecule has 0 atom stereocenters. The van der Waals surface area contributed by atoms with Crippen molar-refractivity contribution in [2.24, 2.45) is 0 Å². The Morgan fingerprint density at radius 1 is 1.00 bits per heavy atom. The summed E-state index contributed by atoms with van der Waals surface area (Å²) in [6, 6.07) is 19.3. The van der Waals surface area contributed by atoms with Gasteiger partial charge in [0.15, 0.2) is 5.65 Å². The molecule has 32 heavy (non-hydrogen) atoms. The monoisotopic (exact) mass is 512 g/mol. The van der Waals surface area contributed by atoms with Crippen LogP contribution in [-0.4, -0.2) is 40.3 Å². The molecular weight excluding hydrogens is 492 g/mol. The van der Waals surface area contributed by atoms with Crippen molar-refractivity contribution in [2.75, 3.05) is 25.0 Å². The molecule has 0 radical (unpaired) electrons. The van der Waals surface area contributed by atoms with E-state index in [0.29, 0.717) is 30.3 Å². The Kier molecular flexibility index (Phi) is 7.24. The first kappa shape index (κ1) is 22.1. The molecule has 0 unspecified atom stereocenters. The minimum Gasteiger partial charge on any atom is -0.368 e. The fraction of sp³-hybridized carbons (Fsp3) is 0.174. The van der Waals surface area contributed by atoms with E-state index in [0.717, 1.165) is 28.0 Å². The molecule has 2 amide bonds. The molecule has 3 N–H and O–H groups in total. The van der Waals surface area contributed by atoms with Crippen LogP contribution in [-0.2, 0) is 6.42 Å². The molecule has 0 aliphatic rings. The maximum absolute atomic E-state index is 12.0. The summed E-state index contributed by atoms with van der Waals surface area (Å²) in [4.78, 5) is 16.7. The number of nitrogens with zero attached hydrogens (tertiary/aromatic N) is 3. The standard InChI is InChI=1S/C23H22BrClN6O/c24-18-15-29-31-21(14-20(30-22(18)31)17-8-4-5-9-19(17)25)26-12-13-28-23(32)27-11-10-16-6-2-1-3-7-16/h1-9,14-15,26H,10-13H2,(H2,27,28,32). The lowest BCUT2D eigenvalue weighted by Gasteiger charge is -2.12. The second-order valence-corrected chi connectivity index (χ2v) is 8.34. The number of urea groups is 1. The second-order valence-electron chi connectivity index (χ2n) is 7.08. The van der Waals surface area contributed by atoms with Crippen LogP contribution in [0.4, 0.5) is 10.6 Å². The molecule has 9 heteroatoms. The van der Waals surface area contributed by atoms with E-state index in [-0.39, 0.29) is 6.03 Å². The predicted molar refractivity (Wildman–Crippen MR) is 131 cm³/mol. The number of halogens is 2. The van der Waals surface area contributed by atoms with Crippen LogP contribution in [0.25, 0.3) is 16.9 Å². The summed E-state index contributed by atoms with van der Waals surface area (Å²) in [6.07, 6.45) is 2.49. The topological polar surface area (TPSA) is 83.3 Å². The van der Waals surface area contributed by atoms with Crippen LogP contribution in [0.2, 0.25) is 5.02 Å². The minimum absolute atomic E-state index is 0.193. The fourth-order valence-electron chi connectivity index (χ4n) is 3.26. The molecule has 2 heterocycles. The summed E-state index contributed by atoms with van der Waals surface area (Å²) >= 11 is 9.87. The third-order valence-electron chi connectivity index (χ3n) is 4.84. The quantitative estimate of drug-likeness (QED) is 0.297. The van der Waals surface area contributed by atoms with Crippen molar-refractivity contribution in [3.63, 3.8) is 0 Å². The van der Waals surface area contributed by atoms with Crippen molar-refractivity contribution >= 4 is 45.0 Å². The van der Waals surface area contributed by atoms with E-state index >= 15 is 0 Å². The summed E-state index contributed by atoms with van der Waals surface area (Å²) in [5, 5.41) is 14.1. The van der Waals surface area contributed by atoms with Gasteiger partial charge in [-0.1, -0.05) is 60.1 Å². The van der Waals surface area contributed by atoms with Crippen molar-refractivity contribution in [1.29, 1.82) is 0 Å². The number of anilines is 1. The molecular formula is C23H22BrClN6O. The van der Waals surface area contributed by atoms with Crippen molar-refractivity contribution in [1.82, 2.24) is 25.2 Å². The van der Waals surface area contributed by atoms with Gasteiger partial charge in [-0.05, 0) is 34.0 Å². The Balaban J connectivity index is 1.35. The van der Waals surface area contributed by atoms with Gasteiger partial charge in [0.2, 0.25) is 0 Å². The van der Waals surface area contributed by atoms with Gasteiger partial charge in [0.05, 0.1) is 16.4 Å². The molecule has 4 rings (SSSR count). The lowest BCUT2D eigenvalue weighted by Crippen LogP contribution is -2.38. The van der Waals surface area contributed by atoms with Crippen molar-refractivity contribution in [3.05, 3.63) is 81.9 Å². The largest absolute Gasteiger partial charge is 0.368 e. The van der Waals surface area contributed by atoms with E-state index in [2.05, 4.69) is 37.0 Å². The average molecular weight is 514 g/mol. The van der Waals surface area contributed by atoms with Gasteiger partial charge < -0.3 is 16.0 Å². The number of carbonyl (C=O) groups excluding carboxylic acids is 1. The summed E-state index contributed by atoms with van der Waals surface area (Å²) in [6.45, 7) is 1.55. The van der Waals surface area contributed by atoms with Gasteiger partial charge in [0.1, 0.15) is 5.82 Å². The lowest BCUT2D eigenvalue weighted by molar-refractivity contribution is 0.241. The van der Waals surface area contributed by atoms with Crippen LogP contribution in [0.5, 0.6) is 0 Å². The minimum atomic E-state index is -0.193. The van der Waals surface area contributed by atoms with Crippen molar-refractivity contribution in [2.45, 2.75) is 6.42 Å². The highest BCUT2D eigenvalue weighted by atomic mass is 79.9. The summed E-state index contributed by atoms with van der Waals surface area (Å²) in [5.74, 6) is 0.752. The zero-order chi connectivity index (χ0) is 22.3. The molecule has 0 saturated heterocycles. The van der Waals surface area contributed by atoms with E-state index in [1.807, 2.05) is 60.7 Å². The molecule has 0 aliphatic carbocycles. The maximum atomic E-state index is 12.0. The molecule has 164 valence electrons. The van der Waals surface area contributed by atoms with Crippen molar-refractivity contribution in [3.8, 4) is 11.3 Å². The van der Waals surface area contributed by atoms with Crippen LogP contribution < -0.4 is 16.0 Å². The summed E-state index contributed by atoms with van der Waals surface area (Å²) in [7, 11) is 0. The van der Waals surface area contributed by atoms with Gasteiger partial charge >= 0.3 is 6.03 Å². The first-order chi connectivity index (χ1) is 15.6. The van der Waals surface area contributed by atoms with Gasteiger partial charge in [-0.3, -0.25) is 0 Å². The molecule has 0 bridgehead atoms. The number of benzene rings is 2. The summed E-state index contributed by atoms with van der Waals surface area (Å²) < 4.78 is 2.50. The number of carbonyl (C=O) groups is 1. The number of hydrogen-bond acceptors (Lipinski definition) is 4. The third kappa shape index (κ3) is 5.38. The van der Waals surface area contributed by atoms with Gasteiger partial charge in [-0.15, -0.1) is 0 Å². The van der Waals surface area contributed by atoms with Crippen LogP contribution in [0.1, 0.15) is 5.56 Å². The normalized spacial score (nSPS) is 10.8. The third-order valence-corrected chi connectivity index (χ3v) is 5.73. The SMILES string of the molecule is O=C(NCCNc1cc(-c2ccccc2Cl)nc2c(Br)cnn12)NCCc1ccccc1. The number of fused-ring (bicyclic) bond motifs is 1. The molecule has 2 aromatic heterocycles. The number of aromatic nitrogens is 3. The highest BCUT2D eigenvalue weighted by molar-refractivity contribution is 9.10.